The molecule has 0 bridgehead atoms. The summed E-state index contributed by atoms with van der Waals surface area (Å²) < 4.78 is 0. The zero-order valence-electron chi connectivity index (χ0n) is 12.7. The maximum Gasteiger partial charge on any atom is 0.226 e. The highest BCUT2D eigenvalue weighted by molar-refractivity contribution is 5.79. The molecule has 2 fully saturated rings. The lowest BCUT2D eigenvalue weighted by Crippen LogP contribution is -2.48. The number of anilines is 1. The van der Waals surface area contributed by atoms with Gasteiger partial charge >= 0.3 is 0 Å². The Balaban J connectivity index is 1.57. The van der Waals surface area contributed by atoms with Gasteiger partial charge in [-0.2, -0.15) is 0 Å². The van der Waals surface area contributed by atoms with E-state index >= 15 is 0 Å². The molecule has 114 valence electrons. The Morgan fingerprint density at radius 1 is 1.19 bits per heavy atom. The average molecular weight is 288 g/mol. The lowest BCUT2D eigenvalue weighted by Gasteiger charge is -2.39. The van der Waals surface area contributed by atoms with E-state index < -0.39 is 0 Å². The molecule has 21 heavy (non-hydrogen) atoms. The fourth-order valence-corrected chi connectivity index (χ4v) is 3.49. The van der Waals surface area contributed by atoms with Gasteiger partial charge in [0.05, 0.1) is 0 Å². The minimum Gasteiger partial charge on any atom is -0.356 e. The maximum absolute atomic E-state index is 12.7. The Morgan fingerprint density at radius 2 is 2.00 bits per heavy atom. The number of carbonyl (C=O) groups is 1. The van der Waals surface area contributed by atoms with E-state index in [2.05, 4.69) is 26.7 Å². The lowest BCUT2D eigenvalue weighted by molar-refractivity contribution is -0.139. The fourth-order valence-electron chi connectivity index (χ4n) is 3.49. The molecule has 2 aliphatic rings. The van der Waals surface area contributed by atoms with Crippen molar-refractivity contribution in [3.05, 3.63) is 18.6 Å². The van der Waals surface area contributed by atoms with Gasteiger partial charge in [0, 0.05) is 37.8 Å². The first kappa shape index (κ1) is 14.3. The molecule has 1 aromatic heterocycles. The molecular weight excluding hydrogens is 264 g/mol. The smallest absolute Gasteiger partial charge is 0.226 e. The third kappa shape index (κ3) is 3.17. The molecule has 3 rings (SSSR count). The second-order valence-corrected chi connectivity index (χ2v) is 6.21. The number of aromatic nitrogens is 2. The van der Waals surface area contributed by atoms with Crippen molar-refractivity contribution in [3.63, 3.8) is 0 Å². The highest BCUT2D eigenvalue weighted by Gasteiger charge is 2.31. The van der Waals surface area contributed by atoms with Crippen LogP contribution in [0.2, 0.25) is 0 Å². The molecule has 1 aromatic rings. The molecule has 2 aliphatic heterocycles. The number of hydrogen-bond donors (Lipinski definition) is 0. The zero-order chi connectivity index (χ0) is 14.7. The van der Waals surface area contributed by atoms with Gasteiger partial charge in [-0.05, 0) is 45.1 Å². The second kappa shape index (κ2) is 6.41. The van der Waals surface area contributed by atoms with Crippen molar-refractivity contribution in [1.82, 2.24) is 14.9 Å². The summed E-state index contributed by atoms with van der Waals surface area (Å²) in [6.45, 7) is 4.96. The highest BCUT2D eigenvalue weighted by Crippen LogP contribution is 2.26. The van der Waals surface area contributed by atoms with Crippen LogP contribution < -0.4 is 4.90 Å². The summed E-state index contributed by atoms with van der Waals surface area (Å²) in [5.41, 5.74) is 0. The molecule has 0 N–H and O–H groups in total. The second-order valence-electron chi connectivity index (χ2n) is 6.21. The van der Waals surface area contributed by atoms with E-state index in [1.165, 1.54) is 6.42 Å². The van der Waals surface area contributed by atoms with Crippen molar-refractivity contribution in [3.8, 4) is 0 Å². The number of carbonyl (C=O) groups excluding carboxylic acids is 1. The molecule has 1 amide bonds. The van der Waals surface area contributed by atoms with Crippen molar-refractivity contribution >= 4 is 11.7 Å². The SMILES string of the molecule is CC1CCCCN1C(=O)C1CCN(c2ccncn2)CC1. The topological polar surface area (TPSA) is 49.3 Å². The molecule has 5 heteroatoms. The van der Waals surface area contributed by atoms with E-state index in [9.17, 15) is 4.79 Å². The van der Waals surface area contributed by atoms with Crippen molar-refractivity contribution in [1.29, 1.82) is 0 Å². The first-order valence-electron chi connectivity index (χ1n) is 8.07. The molecule has 0 spiro atoms. The molecule has 0 aliphatic carbocycles. The molecule has 0 aromatic carbocycles. The van der Waals surface area contributed by atoms with Gasteiger partial charge in [-0.15, -0.1) is 0 Å². The number of rotatable bonds is 2. The largest absolute Gasteiger partial charge is 0.356 e. The first-order valence-corrected chi connectivity index (χ1v) is 8.07. The standard InChI is InChI=1S/C16H24N4O/c1-13-4-2-3-9-20(13)16(21)14-6-10-19(11-7-14)15-5-8-17-12-18-15/h5,8,12-14H,2-4,6-7,9-11H2,1H3. The molecule has 2 saturated heterocycles. The Labute approximate surface area is 126 Å². The van der Waals surface area contributed by atoms with Crippen LogP contribution in [0.3, 0.4) is 0 Å². The van der Waals surface area contributed by atoms with Gasteiger partial charge in [-0.25, -0.2) is 9.97 Å². The van der Waals surface area contributed by atoms with Crippen LogP contribution in [0.5, 0.6) is 0 Å². The maximum atomic E-state index is 12.7. The van der Waals surface area contributed by atoms with Crippen LogP contribution >= 0.6 is 0 Å². The van der Waals surface area contributed by atoms with E-state index in [4.69, 9.17) is 0 Å². The van der Waals surface area contributed by atoms with E-state index in [1.54, 1.807) is 12.5 Å². The quantitative estimate of drug-likeness (QED) is 0.836. The van der Waals surface area contributed by atoms with Crippen LogP contribution in [-0.4, -0.2) is 46.5 Å². The number of amides is 1. The van der Waals surface area contributed by atoms with Crippen molar-refractivity contribution in [2.24, 2.45) is 5.92 Å². The third-order valence-corrected chi connectivity index (χ3v) is 4.82. The summed E-state index contributed by atoms with van der Waals surface area (Å²) >= 11 is 0. The average Bonchev–Trinajstić information content (AvgIpc) is 2.56. The minimum absolute atomic E-state index is 0.198. The van der Waals surface area contributed by atoms with Gasteiger partial charge in [-0.1, -0.05) is 0 Å². The lowest BCUT2D eigenvalue weighted by atomic mass is 9.93. The third-order valence-electron chi connectivity index (χ3n) is 4.82. The van der Waals surface area contributed by atoms with Gasteiger partial charge in [-0.3, -0.25) is 4.79 Å². The summed E-state index contributed by atoms with van der Waals surface area (Å²) in [5, 5.41) is 0. The zero-order valence-corrected chi connectivity index (χ0v) is 12.7. The van der Waals surface area contributed by atoms with Gasteiger partial charge in [0.2, 0.25) is 5.91 Å². The predicted molar refractivity (Wildman–Crippen MR) is 82.0 cm³/mol. The number of likely N-dealkylation sites (tertiary alicyclic amines) is 1. The molecule has 3 heterocycles. The van der Waals surface area contributed by atoms with Crippen molar-refractivity contribution in [2.45, 2.75) is 45.1 Å². The number of hydrogen-bond acceptors (Lipinski definition) is 4. The van der Waals surface area contributed by atoms with Gasteiger partial charge in [0.1, 0.15) is 12.1 Å². The van der Waals surface area contributed by atoms with Crippen LogP contribution in [0.1, 0.15) is 39.0 Å². The summed E-state index contributed by atoms with van der Waals surface area (Å²) in [6, 6.07) is 2.36. The van der Waals surface area contributed by atoms with Gasteiger partial charge < -0.3 is 9.80 Å². The van der Waals surface area contributed by atoms with Crippen LogP contribution in [0.4, 0.5) is 5.82 Å². The molecule has 1 unspecified atom stereocenters. The Kier molecular flexibility index (Phi) is 4.36. The minimum atomic E-state index is 0.198. The van der Waals surface area contributed by atoms with E-state index in [1.807, 2.05) is 6.07 Å². The molecular formula is C16H24N4O. The summed E-state index contributed by atoms with van der Waals surface area (Å²) in [5.74, 6) is 1.55. The Hall–Kier alpha value is -1.65. The highest BCUT2D eigenvalue weighted by atomic mass is 16.2. The van der Waals surface area contributed by atoms with Crippen LogP contribution in [-0.2, 0) is 4.79 Å². The van der Waals surface area contributed by atoms with Gasteiger partial charge in [0.15, 0.2) is 0 Å². The monoisotopic (exact) mass is 288 g/mol. The van der Waals surface area contributed by atoms with E-state index in [0.717, 1.165) is 51.1 Å². The van der Waals surface area contributed by atoms with Gasteiger partial charge in [0.25, 0.3) is 0 Å². The molecule has 0 radical (unpaired) electrons. The molecule has 5 nitrogen and oxygen atoms in total. The normalized spacial score (nSPS) is 24.1. The van der Waals surface area contributed by atoms with Crippen LogP contribution in [0.25, 0.3) is 0 Å². The number of piperidine rings is 2. The number of nitrogens with zero attached hydrogens (tertiary/aromatic N) is 4. The van der Waals surface area contributed by atoms with Crippen LogP contribution in [0, 0.1) is 5.92 Å². The van der Waals surface area contributed by atoms with E-state index in [-0.39, 0.29) is 5.92 Å². The first-order chi connectivity index (χ1) is 10.3. The fraction of sp³-hybridized carbons (Fsp3) is 0.688. The predicted octanol–water partition coefficient (Wildman–Crippen LogP) is 2.09. The van der Waals surface area contributed by atoms with Crippen molar-refractivity contribution < 1.29 is 4.79 Å². The Bertz CT molecular complexity index is 470. The van der Waals surface area contributed by atoms with E-state index in [0.29, 0.717) is 11.9 Å². The molecule has 0 saturated carbocycles. The Morgan fingerprint density at radius 3 is 2.67 bits per heavy atom. The summed E-state index contributed by atoms with van der Waals surface area (Å²) in [6.07, 6.45) is 8.81. The summed E-state index contributed by atoms with van der Waals surface area (Å²) in [7, 11) is 0. The van der Waals surface area contributed by atoms with Crippen molar-refractivity contribution in [2.75, 3.05) is 24.5 Å². The van der Waals surface area contributed by atoms with Crippen LogP contribution in [0.15, 0.2) is 18.6 Å². The summed E-state index contributed by atoms with van der Waals surface area (Å²) in [4.78, 5) is 25.3. The molecule has 1 atom stereocenters.